The van der Waals surface area contributed by atoms with E-state index in [4.69, 9.17) is 9.84 Å². The first kappa shape index (κ1) is 13.6. The van der Waals surface area contributed by atoms with Crippen LogP contribution in [0.1, 0.15) is 38.7 Å². The Kier molecular flexibility index (Phi) is 5.01. The number of carboxylic acids is 1. The smallest absolute Gasteiger partial charge is 0.303 e. The van der Waals surface area contributed by atoms with Crippen molar-refractivity contribution in [3.63, 3.8) is 0 Å². The van der Waals surface area contributed by atoms with Gasteiger partial charge < -0.3 is 9.84 Å². The van der Waals surface area contributed by atoms with Crippen LogP contribution < -0.4 is 4.74 Å². The molecule has 0 radical (unpaired) electrons. The van der Waals surface area contributed by atoms with Crippen LogP contribution in [-0.2, 0) is 4.79 Å². The van der Waals surface area contributed by atoms with Gasteiger partial charge in [-0.15, -0.1) is 0 Å². The number of hydrogen-bond donors (Lipinski definition) is 1. The summed E-state index contributed by atoms with van der Waals surface area (Å²) in [7, 11) is 0. The molecule has 0 aliphatic carbocycles. The molecule has 1 aromatic rings. The van der Waals surface area contributed by atoms with Gasteiger partial charge in [0.15, 0.2) is 0 Å². The van der Waals surface area contributed by atoms with Crippen molar-refractivity contribution < 1.29 is 14.6 Å². The summed E-state index contributed by atoms with van der Waals surface area (Å²) < 4.78 is 5.37. The van der Waals surface area contributed by atoms with Crippen LogP contribution in [-0.4, -0.2) is 17.7 Å². The number of rotatable bonds is 6. The Labute approximate surface area is 102 Å². The molecule has 0 aliphatic rings. The molecule has 0 amide bonds. The average molecular weight is 236 g/mol. The van der Waals surface area contributed by atoms with Crippen molar-refractivity contribution in [3.8, 4) is 5.75 Å². The van der Waals surface area contributed by atoms with Gasteiger partial charge >= 0.3 is 5.97 Å². The van der Waals surface area contributed by atoms with Gasteiger partial charge in [-0.05, 0) is 36.5 Å². The fraction of sp³-hybridized carbons (Fsp3) is 0.500. The van der Waals surface area contributed by atoms with Gasteiger partial charge in [0.1, 0.15) is 5.75 Å². The van der Waals surface area contributed by atoms with Gasteiger partial charge in [-0.25, -0.2) is 0 Å². The summed E-state index contributed by atoms with van der Waals surface area (Å²) in [6.07, 6.45) is 0.172. The molecule has 1 N–H and O–H groups in total. The van der Waals surface area contributed by atoms with Crippen LogP contribution in [0.15, 0.2) is 24.3 Å². The molecular weight excluding hydrogens is 216 g/mol. The topological polar surface area (TPSA) is 46.5 Å². The van der Waals surface area contributed by atoms with Crippen LogP contribution in [0.25, 0.3) is 0 Å². The molecule has 0 saturated carbocycles. The Hall–Kier alpha value is -1.51. The second-order valence-electron chi connectivity index (χ2n) is 4.45. The Bertz CT molecular complexity index is 354. The third-order valence-corrected chi connectivity index (χ3v) is 2.82. The summed E-state index contributed by atoms with van der Waals surface area (Å²) in [5, 5.41) is 8.91. The minimum Gasteiger partial charge on any atom is -0.494 e. The number of carboxylic acid groups (broad SMARTS) is 1. The summed E-state index contributed by atoms with van der Waals surface area (Å²) >= 11 is 0. The summed E-state index contributed by atoms with van der Waals surface area (Å²) in [5.74, 6) is 0.443. The van der Waals surface area contributed by atoms with Crippen molar-refractivity contribution in [2.75, 3.05) is 6.61 Å². The lowest BCUT2D eigenvalue weighted by molar-refractivity contribution is -0.137. The Morgan fingerprint density at radius 2 is 1.88 bits per heavy atom. The van der Waals surface area contributed by atoms with E-state index in [2.05, 4.69) is 0 Å². The quantitative estimate of drug-likeness (QED) is 0.824. The molecule has 3 heteroatoms. The van der Waals surface area contributed by atoms with Crippen molar-refractivity contribution in [1.29, 1.82) is 0 Å². The highest BCUT2D eigenvalue weighted by Gasteiger charge is 2.19. The van der Waals surface area contributed by atoms with E-state index in [-0.39, 0.29) is 12.3 Å². The molecule has 0 aromatic heterocycles. The predicted octanol–water partition coefficient (Wildman–Crippen LogP) is 3.30. The van der Waals surface area contributed by atoms with Gasteiger partial charge in [-0.2, -0.15) is 0 Å². The van der Waals surface area contributed by atoms with Crippen LogP contribution in [0.2, 0.25) is 0 Å². The van der Waals surface area contributed by atoms with Gasteiger partial charge in [0.2, 0.25) is 0 Å². The number of hydrogen-bond acceptors (Lipinski definition) is 2. The molecule has 3 nitrogen and oxygen atoms in total. The maximum absolute atomic E-state index is 10.8. The normalized spacial score (nSPS) is 12.5. The van der Waals surface area contributed by atoms with Crippen LogP contribution in [0.3, 0.4) is 0 Å². The third kappa shape index (κ3) is 4.10. The molecule has 1 rings (SSSR count). The highest BCUT2D eigenvalue weighted by atomic mass is 16.5. The van der Waals surface area contributed by atoms with Crippen LogP contribution >= 0.6 is 0 Å². The highest BCUT2D eigenvalue weighted by molar-refractivity contribution is 5.68. The highest BCUT2D eigenvalue weighted by Crippen LogP contribution is 2.29. The first-order chi connectivity index (χ1) is 8.04. The first-order valence-electron chi connectivity index (χ1n) is 5.99. The molecule has 0 bridgehead atoms. The lowest BCUT2D eigenvalue weighted by Crippen LogP contribution is -2.12. The second-order valence-corrected chi connectivity index (χ2v) is 4.45. The first-order valence-corrected chi connectivity index (χ1v) is 5.99. The minimum absolute atomic E-state index is 0.0585. The Morgan fingerprint density at radius 3 is 2.29 bits per heavy atom. The van der Waals surface area contributed by atoms with E-state index in [1.807, 2.05) is 45.0 Å². The van der Waals surface area contributed by atoms with Gasteiger partial charge in [-0.1, -0.05) is 26.0 Å². The molecular formula is C14H20O3. The Balaban J connectivity index is 2.83. The van der Waals surface area contributed by atoms with Crippen molar-refractivity contribution in [1.82, 2.24) is 0 Å². The molecule has 1 aromatic carbocycles. The zero-order chi connectivity index (χ0) is 12.8. The van der Waals surface area contributed by atoms with E-state index in [0.717, 1.165) is 11.3 Å². The third-order valence-electron chi connectivity index (χ3n) is 2.82. The number of carbonyl (C=O) groups is 1. The van der Waals surface area contributed by atoms with Crippen LogP contribution in [0, 0.1) is 5.92 Å². The molecule has 0 saturated heterocycles. The number of aliphatic carboxylic acids is 1. The van der Waals surface area contributed by atoms with E-state index in [1.165, 1.54) is 0 Å². The van der Waals surface area contributed by atoms with Crippen molar-refractivity contribution in [2.45, 2.75) is 33.1 Å². The molecule has 0 heterocycles. The Morgan fingerprint density at radius 1 is 1.29 bits per heavy atom. The summed E-state index contributed by atoms with van der Waals surface area (Å²) in [6.45, 7) is 6.67. The monoisotopic (exact) mass is 236 g/mol. The van der Waals surface area contributed by atoms with E-state index in [0.29, 0.717) is 12.5 Å². The standard InChI is InChI=1S/C14H20O3/c1-4-17-12-7-5-11(6-8-12)13(10(2)3)9-14(15)16/h5-8,10,13H,4,9H2,1-3H3,(H,15,16). The van der Waals surface area contributed by atoms with E-state index in [9.17, 15) is 4.79 Å². The lowest BCUT2D eigenvalue weighted by atomic mass is 9.86. The van der Waals surface area contributed by atoms with E-state index >= 15 is 0 Å². The number of benzene rings is 1. The van der Waals surface area contributed by atoms with E-state index in [1.54, 1.807) is 0 Å². The van der Waals surface area contributed by atoms with Crippen molar-refractivity contribution >= 4 is 5.97 Å². The maximum atomic E-state index is 10.8. The minimum atomic E-state index is -0.752. The number of ether oxygens (including phenoxy) is 1. The molecule has 0 aliphatic heterocycles. The lowest BCUT2D eigenvalue weighted by Gasteiger charge is -2.19. The summed E-state index contributed by atoms with van der Waals surface area (Å²) in [4.78, 5) is 10.8. The van der Waals surface area contributed by atoms with Gasteiger partial charge in [-0.3, -0.25) is 4.79 Å². The largest absolute Gasteiger partial charge is 0.494 e. The summed E-state index contributed by atoms with van der Waals surface area (Å²) in [6, 6.07) is 7.71. The van der Waals surface area contributed by atoms with Crippen molar-refractivity contribution in [2.24, 2.45) is 5.92 Å². The second kappa shape index (κ2) is 6.28. The van der Waals surface area contributed by atoms with Crippen LogP contribution in [0.4, 0.5) is 0 Å². The zero-order valence-corrected chi connectivity index (χ0v) is 10.6. The molecule has 94 valence electrons. The van der Waals surface area contributed by atoms with Crippen molar-refractivity contribution in [3.05, 3.63) is 29.8 Å². The fourth-order valence-electron chi connectivity index (χ4n) is 1.90. The van der Waals surface area contributed by atoms with Gasteiger partial charge in [0.05, 0.1) is 13.0 Å². The molecule has 1 atom stereocenters. The zero-order valence-electron chi connectivity index (χ0n) is 10.6. The molecule has 1 unspecified atom stereocenters. The maximum Gasteiger partial charge on any atom is 0.303 e. The van der Waals surface area contributed by atoms with E-state index < -0.39 is 5.97 Å². The fourth-order valence-corrected chi connectivity index (χ4v) is 1.90. The average Bonchev–Trinajstić information content (AvgIpc) is 2.27. The summed E-state index contributed by atoms with van der Waals surface area (Å²) in [5.41, 5.74) is 1.06. The van der Waals surface area contributed by atoms with Crippen LogP contribution in [0.5, 0.6) is 5.75 Å². The SMILES string of the molecule is CCOc1ccc(C(CC(=O)O)C(C)C)cc1. The molecule has 0 spiro atoms. The molecule has 17 heavy (non-hydrogen) atoms. The van der Waals surface area contributed by atoms with Gasteiger partial charge in [0.25, 0.3) is 0 Å². The predicted molar refractivity (Wildman–Crippen MR) is 67.4 cm³/mol. The van der Waals surface area contributed by atoms with Gasteiger partial charge in [0, 0.05) is 0 Å². The molecule has 0 fully saturated rings.